The Balaban J connectivity index is 1.55. The molecule has 0 unspecified atom stereocenters. The van der Waals surface area contributed by atoms with Gasteiger partial charge in [-0.1, -0.05) is 41.9 Å². The molecule has 22 heavy (non-hydrogen) atoms. The Kier molecular flexibility index (Phi) is 7.13. The number of rotatable bonds is 8. The van der Waals surface area contributed by atoms with Gasteiger partial charge in [-0.3, -0.25) is 4.79 Å². The van der Waals surface area contributed by atoms with Gasteiger partial charge in [0.05, 0.1) is 12.4 Å². The molecular weight excluding hydrogens is 318 g/mol. The van der Waals surface area contributed by atoms with E-state index >= 15 is 0 Å². The maximum atomic E-state index is 11.7. The van der Waals surface area contributed by atoms with E-state index in [9.17, 15) is 4.79 Å². The quantitative estimate of drug-likeness (QED) is 0.746. The van der Waals surface area contributed by atoms with Crippen LogP contribution in [-0.2, 0) is 11.3 Å². The van der Waals surface area contributed by atoms with Gasteiger partial charge >= 0.3 is 0 Å². The highest BCUT2D eigenvalue weighted by atomic mass is 35.5. The van der Waals surface area contributed by atoms with Crippen molar-refractivity contribution in [2.75, 3.05) is 18.1 Å². The van der Waals surface area contributed by atoms with Crippen LogP contribution in [0.4, 0.5) is 0 Å². The third-order valence-corrected chi connectivity index (χ3v) is 4.05. The van der Waals surface area contributed by atoms with Gasteiger partial charge in [-0.25, -0.2) is 0 Å². The van der Waals surface area contributed by atoms with Crippen molar-refractivity contribution in [2.24, 2.45) is 0 Å². The van der Waals surface area contributed by atoms with Gasteiger partial charge in [0.1, 0.15) is 5.75 Å². The molecule has 1 amide bonds. The van der Waals surface area contributed by atoms with Crippen molar-refractivity contribution in [3.05, 3.63) is 65.2 Å². The molecule has 116 valence electrons. The highest BCUT2D eigenvalue weighted by Gasteiger charge is 2.02. The second-order valence-electron chi connectivity index (χ2n) is 4.62. The van der Waals surface area contributed by atoms with Crippen LogP contribution in [0.1, 0.15) is 5.56 Å². The van der Waals surface area contributed by atoms with Crippen LogP contribution >= 0.6 is 23.4 Å². The van der Waals surface area contributed by atoms with Crippen molar-refractivity contribution >= 4 is 29.3 Å². The Bertz CT molecular complexity index is 575. The number of benzene rings is 2. The molecule has 0 spiro atoms. The fourth-order valence-corrected chi connectivity index (χ4v) is 2.51. The minimum absolute atomic E-state index is 0.0275. The summed E-state index contributed by atoms with van der Waals surface area (Å²) in [4.78, 5) is 11.7. The fourth-order valence-electron chi connectivity index (χ4n) is 1.75. The molecule has 0 saturated carbocycles. The van der Waals surface area contributed by atoms with Crippen molar-refractivity contribution in [1.29, 1.82) is 0 Å². The number of thioether (sulfide) groups is 1. The van der Waals surface area contributed by atoms with Gasteiger partial charge in [0, 0.05) is 17.3 Å². The molecule has 0 saturated heterocycles. The number of amides is 1. The number of hydrogen-bond acceptors (Lipinski definition) is 3. The number of nitrogens with one attached hydrogen (secondary N) is 1. The monoisotopic (exact) mass is 335 g/mol. The van der Waals surface area contributed by atoms with E-state index in [1.807, 2.05) is 54.6 Å². The molecule has 0 aromatic heterocycles. The number of para-hydroxylation sites is 1. The van der Waals surface area contributed by atoms with E-state index in [0.717, 1.165) is 17.1 Å². The minimum Gasteiger partial charge on any atom is -0.493 e. The molecule has 0 radical (unpaired) electrons. The summed E-state index contributed by atoms with van der Waals surface area (Å²) in [5, 5.41) is 3.58. The van der Waals surface area contributed by atoms with E-state index in [-0.39, 0.29) is 5.91 Å². The lowest BCUT2D eigenvalue weighted by Gasteiger charge is -2.07. The average Bonchev–Trinajstić information content (AvgIpc) is 2.55. The van der Waals surface area contributed by atoms with Gasteiger partial charge in [0.15, 0.2) is 0 Å². The fraction of sp³-hybridized carbons (Fsp3) is 0.235. The number of carbonyl (C=O) groups excluding carboxylic acids is 1. The predicted octanol–water partition coefficient (Wildman–Crippen LogP) is 3.77. The number of carbonyl (C=O) groups is 1. The number of halogens is 1. The van der Waals surface area contributed by atoms with Crippen LogP contribution in [0, 0.1) is 0 Å². The first kappa shape index (κ1) is 16.7. The second kappa shape index (κ2) is 9.38. The Morgan fingerprint density at radius 1 is 1.09 bits per heavy atom. The summed E-state index contributed by atoms with van der Waals surface area (Å²) >= 11 is 7.37. The molecule has 5 heteroatoms. The lowest BCUT2D eigenvalue weighted by atomic mass is 10.2. The molecule has 0 aliphatic heterocycles. The molecule has 2 rings (SSSR count). The highest BCUT2D eigenvalue weighted by molar-refractivity contribution is 7.99. The van der Waals surface area contributed by atoms with Crippen LogP contribution in [0.2, 0.25) is 5.02 Å². The maximum absolute atomic E-state index is 11.7. The molecule has 1 N–H and O–H groups in total. The molecule has 0 bridgehead atoms. The van der Waals surface area contributed by atoms with Gasteiger partial charge in [-0.05, 0) is 29.8 Å². The standard InChI is InChI=1S/C17H18ClNO2S/c18-15-8-6-14(7-9-15)12-19-17(20)13-22-11-10-21-16-4-2-1-3-5-16/h1-9H,10-13H2,(H,19,20). The second-order valence-corrected chi connectivity index (χ2v) is 6.16. The molecule has 3 nitrogen and oxygen atoms in total. The third-order valence-electron chi connectivity index (χ3n) is 2.88. The van der Waals surface area contributed by atoms with E-state index in [2.05, 4.69) is 5.32 Å². The van der Waals surface area contributed by atoms with Crippen LogP contribution in [0.5, 0.6) is 5.75 Å². The highest BCUT2D eigenvalue weighted by Crippen LogP contribution is 2.10. The lowest BCUT2D eigenvalue weighted by Crippen LogP contribution is -2.24. The summed E-state index contributed by atoms with van der Waals surface area (Å²) in [7, 11) is 0. The van der Waals surface area contributed by atoms with Crippen molar-refractivity contribution in [3.63, 3.8) is 0 Å². The molecule has 2 aromatic carbocycles. The van der Waals surface area contributed by atoms with Crippen molar-refractivity contribution in [3.8, 4) is 5.75 Å². The Hall–Kier alpha value is -1.65. The van der Waals surface area contributed by atoms with E-state index < -0.39 is 0 Å². The van der Waals surface area contributed by atoms with Crippen LogP contribution in [-0.4, -0.2) is 24.0 Å². The molecule has 2 aromatic rings. The summed E-state index contributed by atoms with van der Waals surface area (Å²) in [5.74, 6) is 2.10. The molecule has 0 heterocycles. The summed E-state index contributed by atoms with van der Waals surface area (Å²) in [6, 6.07) is 17.1. The number of ether oxygens (including phenoxy) is 1. The van der Waals surface area contributed by atoms with Gasteiger partial charge in [0.2, 0.25) is 5.91 Å². The van der Waals surface area contributed by atoms with Gasteiger partial charge in [-0.15, -0.1) is 11.8 Å². The van der Waals surface area contributed by atoms with Crippen LogP contribution in [0.3, 0.4) is 0 Å². The van der Waals surface area contributed by atoms with E-state index in [1.165, 1.54) is 0 Å². The van der Waals surface area contributed by atoms with Crippen LogP contribution in [0.25, 0.3) is 0 Å². The summed E-state index contributed by atoms with van der Waals surface area (Å²) in [6.45, 7) is 1.12. The third kappa shape index (κ3) is 6.41. The van der Waals surface area contributed by atoms with Crippen molar-refractivity contribution in [2.45, 2.75) is 6.54 Å². The van der Waals surface area contributed by atoms with E-state index in [1.54, 1.807) is 11.8 Å². The molecular formula is C17H18ClNO2S. The van der Waals surface area contributed by atoms with Gasteiger partial charge < -0.3 is 10.1 Å². The predicted molar refractivity (Wildman–Crippen MR) is 92.6 cm³/mol. The molecule has 0 atom stereocenters. The molecule has 0 aliphatic rings. The van der Waals surface area contributed by atoms with Gasteiger partial charge in [0.25, 0.3) is 0 Å². The molecule has 0 aliphatic carbocycles. The average molecular weight is 336 g/mol. The zero-order valence-electron chi connectivity index (χ0n) is 12.1. The first-order chi connectivity index (χ1) is 10.7. The zero-order chi connectivity index (χ0) is 15.6. The van der Waals surface area contributed by atoms with Crippen molar-refractivity contribution < 1.29 is 9.53 Å². The summed E-state index contributed by atoms with van der Waals surface area (Å²) < 4.78 is 5.56. The summed E-state index contributed by atoms with van der Waals surface area (Å²) in [5.41, 5.74) is 1.04. The Morgan fingerprint density at radius 2 is 1.82 bits per heavy atom. The Morgan fingerprint density at radius 3 is 2.55 bits per heavy atom. The largest absolute Gasteiger partial charge is 0.493 e. The van der Waals surface area contributed by atoms with Crippen molar-refractivity contribution in [1.82, 2.24) is 5.32 Å². The zero-order valence-corrected chi connectivity index (χ0v) is 13.7. The smallest absolute Gasteiger partial charge is 0.230 e. The SMILES string of the molecule is O=C(CSCCOc1ccccc1)NCc1ccc(Cl)cc1. The van der Waals surface area contributed by atoms with E-state index in [4.69, 9.17) is 16.3 Å². The first-order valence-electron chi connectivity index (χ1n) is 7.01. The van der Waals surface area contributed by atoms with E-state index in [0.29, 0.717) is 23.9 Å². The lowest BCUT2D eigenvalue weighted by molar-refractivity contribution is -0.118. The Labute approximate surface area is 140 Å². The van der Waals surface area contributed by atoms with Gasteiger partial charge in [-0.2, -0.15) is 0 Å². The normalized spacial score (nSPS) is 10.2. The van der Waals surface area contributed by atoms with Crippen LogP contribution < -0.4 is 10.1 Å². The number of hydrogen-bond donors (Lipinski definition) is 1. The first-order valence-corrected chi connectivity index (χ1v) is 8.54. The minimum atomic E-state index is 0.0275. The topological polar surface area (TPSA) is 38.3 Å². The maximum Gasteiger partial charge on any atom is 0.230 e. The van der Waals surface area contributed by atoms with Crippen LogP contribution in [0.15, 0.2) is 54.6 Å². The molecule has 0 fully saturated rings. The summed E-state index contributed by atoms with van der Waals surface area (Å²) in [6.07, 6.45) is 0.